The van der Waals surface area contributed by atoms with E-state index in [1.807, 2.05) is 30.3 Å². The zero-order valence-corrected chi connectivity index (χ0v) is 18.6. The molecule has 0 aliphatic carbocycles. The lowest BCUT2D eigenvalue weighted by molar-refractivity contribution is -0.129. The average Bonchev–Trinajstić information content (AvgIpc) is 3.37. The fourth-order valence-electron chi connectivity index (χ4n) is 3.04. The van der Waals surface area contributed by atoms with Crippen molar-refractivity contribution in [2.45, 2.75) is 6.61 Å². The zero-order chi connectivity index (χ0) is 24.5. The Morgan fingerprint density at radius 3 is 2.23 bits per heavy atom. The summed E-state index contributed by atoms with van der Waals surface area (Å²) < 4.78 is 21.5. The monoisotopic (exact) mass is 477 g/mol. The molecule has 0 aromatic heterocycles. The van der Waals surface area contributed by atoms with Gasteiger partial charge < -0.3 is 24.3 Å². The van der Waals surface area contributed by atoms with E-state index in [9.17, 15) is 14.4 Å². The first-order chi connectivity index (χ1) is 17.1. The molecule has 180 valence electrons. The van der Waals surface area contributed by atoms with Gasteiger partial charge in [0, 0.05) is 5.56 Å². The number of carbonyl (C=O) groups is 3. The summed E-state index contributed by atoms with van der Waals surface area (Å²) in [5.74, 6) is 0.511. The van der Waals surface area contributed by atoms with Gasteiger partial charge in [0.15, 0.2) is 18.1 Å². The topological polar surface area (TPSA) is 124 Å². The molecule has 1 heterocycles. The van der Waals surface area contributed by atoms with Crippen LogP contribution < -0.4 is 35.1 Å². The first-order valence-electron chi connectivity index (χ1n) is 10.7. The summed E-state index contributed by atoms with van der Waals surface area (Å²) in [4.78, 5) is 36.0. The standard InChI is InChI=1S/C25H23N3O7/c29-23(13-26-25(31)18-6-11-21-22(12-18)35-16-34-21)27-28-24(30)15-33-20-9-7-19(8-10-20)32-14-17-4-2-1-3-5-17/h1-12H,13-16H2,(H,26,31)(H,27,29)(H,28,30). The third-order valence-electron chi connectivity index (χ3n) is 4.83. The van der Waals surface area contributed by atoms with Crippen molar-refractivity contribution in [3.8, 4) is 23.0 Å². The molecule has 3 aromatic rings. The van der Waals surface area contributed by atoms with Crippen LogP contribution in [0.15, 0.2) is 72.8 Å². The molecule has 10 nitrogen and oxygen atoms in total. The number of benzene rings is 3. The van der Waals surface area contributed by atoms with Crippen molar-refractivity contribution in [3.05, 3.63) is 83.9 Å². The lowest BCUT2D eigenvalue weighted by atomic mass is 10.2. The number of nitrogens with one attached hydrogen (secondary N) is 3. The van der Waals surface area contributed by atoms with Gasteiger partial charge in [-0.2, -0.15) is 0 Å². The SMILES string of the molecule is O=C(CNC(=O)c1ccc2c(c1)OCO2)NNC(=O)COc1ccc(OCc2ccccc2)cc1. The van der Waals surface area contributed by atoms with Gasteiger partial charge in [0.05, 0.1) is 6.54 Å². The van der Waals surface area contributed by atoms with Gasteiger partial charge >= 0.3 is 0 Å². The molecule has 0 bridgehead atoms. The van der Waals surface area contributed by atoms with Crippen LogP contribution in [-0.4, -0.2) is 37.7 Å². The van der Waals surface area contributed by atoms with E-state index in [4.69, 9.17) is 18.9 Å². The van der Waals surface area contributed by atoms with E-state index < -0.39 is 17.7 Å². The molecule has 3 aromatic carbocycles. The van der Waals surface area contributed by atoms with Gasteiger partial charge in [0.2, 0.25) is 6.79 Å². The molecule has 4 rings (SSSR count). The summed E-state index contributed by atoms with van der Waals surface area (Å²) in [5.41, 5.74) is 5.81. The zero-order valence-electron chi connectivity index (χ0n) is 18.6. The first-order valence-corrected chi connectivity index (χ1v) is 10.7. The second-order valence-corrected chi connectivity index (χ2v) is 7.38. The van der Waals surface area contributed by atoms with Gasteiger partial charge in [0.1, 0.15) is 18.1 Å². The molecule has 3 N–H and O–H groups in total. The van der Waals surface area contributed by atoms with Crippen molar-refractivity contribution in [2.75, 3.05) is 19.9 Å². The number of hydrogen-bond acceptors (Lipinski definition) is 7. The quantitative estimate of drug-likeness (QED) is 0.403. The molecular formula is C25H23N3O7. The van der Waals surface area contributed by atoms with Gasteiger partial charge in [-0.3, -0.25) is 25.2 Å². The third-order valence-corrected chi connectivity index (χ3v) is 4.83. The number of hydrazine groups is 1. The summed E-state index contributed by atoms with van der Waals surface area (Å²) in [6.07, 6.45) is 0. The van der Waals surface area contributed by atoms with Crippen LogP contribution in [0, 0.1) is 0 Å². The Hall–Kier alpha value is -4.73. The largest absolute Gasteiger partial charge is 0.489 e. The lowest BCUT2D eigenvalue weighted by Gasteiger charge is -2.10. The number of rotatable bonds is 9. The summed E-state index contributed by atoms with van der Waals surface area (Å²) in [5, 5.41) is 2.46. The van der Waals surface area contributed by atoms with Crippen LogP contribution in [-0.2, 0) is 16.2 Å². The van der Waals surface area contributed by atoms with E-state index in [1.54, 1.807) is 36.4 Å². The molecule has 0 fully saturated rings. The third kappa shape index (κ3) is 6.87. The molecule has 35 heavy (non-hydrogen) atoms. The fourth-order valence-corrected chi connectivity index (χ4v) is 3.04. The highest BCUT2D eigenvalue weighted by molar-refractivity contribution is 5.97. The molecule has 1 aliphatic heterocycles. The van der Waals surface area contributed by atoms with Gasteiger partial charge in [0.25, 0.3) is 17.7 Å². The minimum absolute atomic E-state index is 0.0979. The van der Waals surface area contributed by atoms with Crippen LogP contribution in [0.25, 0.3) is 0 Å². The Bertz CT molecular complexity index is 1180. The van der Waals surface area contributed by atoms with Gasteiger partial charge in [-0.05, 0) is 48.0 Å². The minimum atomic E-state index is -0.604. The molecule has 3 amide bonds. The van der Waals surface area contributed by atoms with E-state index in [-0.39, 0.29) is 19.9 Å². The average molecular weight is 477 g/mol. The summed E-state index contributed by atoms with van der Waals surface area (Å²) >= 11 is 0. The molecule has 0 radical (unpaired) electrons. The smallest absolute Gasteiger partial charge is 0.276 e. The Balaban J connectivity index is 1.12. The Labute approximate surface area is 201 Å². The Kier molecular flexibility index (Phi) is 7.64. The number of amides is 3. The van der Waals surface area contributed by atoms with Crippen LogP contribution >= 0.6 is 0 Å². The van der Waals surface area contributed by atoms with Crippen LogP contribution in [0.2, 0.25) is 0 Å². The van der Waals surface area contributed by atoms with Gasteiger partial charge in [-0.25, -0.2) is 0 Å². The normalized spacial score (nSPS) is 11.3. The minimum Gasteiger partial charge on any atom is -0.489 e. The van der Waals surface area contributed by atoms with Crippen molar-refractivity contribution in [2.24, 2.45) is 0 Å². The fraction of sp³-hybridized carbons (Fsp3) is 0.160. The van der Waals surface area contributed by atoms with Gasteiger partial charge in [-0.1, -0.05) is 30.3 Å². The molecule has 0 unspecified atom stereocenters. The summed E-state index contributed by atoms with van der Waals surface area (Å²) in [6.45, 7) is -0.103. The summed E-state index contributed by atoms with van der Waals surface area (Å²) in [6, 6.07) is 21.3. The Morgan fingerprint density at radius 1 is 0.771 bits per heavy atom. The van der Waals surface area contributed by atoms with Crippen molar-refractivity contribution in [3.63, 3.8) is 0 Å². The maximum absolute atomic E-state index is 12.2. The van der Waals surface area contributed by atoms with E-state index in [0.717, 1.165) is 5.56 Å². The molecular weight excluding hydrogens is 454 g/mol. The molecule has 0 atom stereocenters. The van der Waals surface area contributed by atoms with Crippen molar-refractivity contribution in [1.29, 1.82) is 0 Å². The Morgan fingerprint density at radius 2 is 1.46 bits per heavy atom. The van der Waals surface area contributed by atoms with Crippen LogP contribution in [0.5, 0.6) is 23.0 Å². The first kappa shape index (κ1) is 23.4. The molecule has 0 saturated heterocycles. The molecule has 10 heteroatoms. The molecule has 1 aliphatic rings. The predicted molar refractivity (Wildman–Crippen MR) is 124 cm³/mol. The van der Waals surface area contributed by atoms with Crippen molar-refractivity contribution < 1.29 is 33.3 Å². The number of ether oxygens (including phenoxy) is 4. The maximum atomic E-state index is 12.2. The second-order valence-electron chi connectivity index (χ2n) is 7.38. The van der Waals surface area contributed by atoms with Crippen molar-refractivity contribution in [1.82, 2.24) is 16.2 Å². The second kappa shape index (κ2) is 11.4. The summed E-state index contributed by atoms with van der Waals surface area (Å²) in [7, 11) is 0. The van der Waals surface area contributed by atoms with E-state index in [0.29, 0.717) is 35.2 Å². The maximum Gasteiger partial charge on any atom is 0.276 e. The predicted octanol–water partition coefficient (Wildman–Crippen LogP) is 1.95. The lowest BCUT2D eigenvalue weighted by Crippen LogP contribution is -2.47. The van der Waals surface area contributed by atoms with E-state index >= 15 is 0 Å². The highest BCUT2D eigenvalue weighted by Gasteiger charge is 2.16. The number of hydrogen-bond donors (Lipinski definition) is 3. The van der Waals surface area contributed by atoms with Crippen LogP contribution in [0.4, 0.5) is 0 Å². The highest BCUT2D eigenvalue weighted by atomic mass is 16.7. The number of fused-ring (bicyclic) bond motifs is 1. The molecule has 0 saturated carbocycles. The van der Waals surface area contributed by atoms with Crippen LogP contribution in [0.3, 0.4) is 0 Å². The van der Waals surface area contributed by atoms with E-state index in [2.05, 4.69) is 16.2 Å². The highest BCUT2D eigenvalue weighted by Crippen LogP contribution is 2.32. The van der Waals surface area contributed by atoms with Gasteiger partial charge in [-0.15, -0.1) is 0 Å². The molecule has 0 spiro atoms. The van der Waals surface area contributed by atoms with Crippen LogP contribution in [0.1, 0.15) is 15.9 Å². The van der Waals surface area contributed by atoms with E-state index in [1.165, 1.54) is 6.07 Å². The number of carbonyl (C=O) groups excluding carboxylic acids is 3. The van der Waals surface area contributed by atoms with Crippen molar-refractivity contribution >= 4 is 17.7 Å².